The average Bonchev–Trinajstić information content (AvgIpc) is 3.61. The molecule has 0 atom stereocenters. The van der Waals surface area contributed by atoms with E-state index in [-0.39, 0.29) is 44.5 Å². The molecule has 2 amide bonds. The minimum atomic E-state index is -4.76. The summed E-state index contributed by atoms with van der Waals surface area (Å²) < 4.78 is 57.4. The Hall–Kier alpha value is -4.58. The van der Waals surface area contributed by atoms with Crippen molar-refractivity contribution >= 4 is 39.1 Å². The van der Waals surface area contributed by atoms with E-state index in [2.05, 4.69) is 10.3 Å². The number of hydrogen-bond acceptors (Lipinski definition) is 7. The average molecular weight is 556 g/mol. The molecule has 0 fully saturated rings. The molecule has 0 radical (unpaired) electrons. The van der Waals surface area contributed by atoms with Crippen LogP contribution >= 0.6 is 11.3 Å². The van der Waals surface area contributed by atoms with E-state index in [1.807, 2.05) is 32.0 Å². The van der Waals surface area contributed by atoms with Gasteiger partial charge in [-0.3, -0.25) is 9.59 Å². The number of aromatic nitrogens is 1. The SMILES string of the molecule is Cc1cc(C)cc(OCc2ccc(C(=O)Nc3c(C(N)=O)sc4nc(C(F)(F)F)cc(-c5ccco5)c34)o2)c1. The molecule has 39 heavy (non-hydrogen) atoms. The number of halogens is 3. The van der Waals surface area contributed by atoms with Crippen LogP contribution in [0, 0.1) is 13.8 Å². The number of fused-ring (bicyclic) bond motifs is 1. The van der Waals surface area contributed by atoms with E-state index < -0.39 is 23.7 Å². The van der Waals surface area contributed by atoms with Gasteiger partial charge in [0, 0.05) is 10.9 Å². The lowest BCUT2D eigenvalue weighted by molar-refractivity contribution is -0.140. The number of nitrogens with zero attached hydrogens (tertiary/aromatic N) is 1. The van der Waals surface area contributed by atoms with Crippen LogP contribution in [-0.4, -0.2) is 16.8 Å². The summed E-state index contributed by atoms with van der Waals surface area (Å²) >= 11 is 0.631. The molecule has 0 aliphatic carbocycles. The molecule has 0 saturated carbocycles. The second kappa shape index (κ2) is 9.95. The Kier molecular flexibility index (Phi) is 6.64. The number of nitrogens with two attached hydrogens (primary N) is 1. The summed E-state index contributed by atoms with van der Waals surface area (Å²) in [5.74, 6) is -0.724. The number of aryl methyl sites for hydroxylation is 2. The van der Waals surface area contributed by atoms with Gasteiger partial charge in [0.05, 0.1) is 12.0 Å². The van der Waals surface area contributed by atoms with Crippen LogP contribution < -0.4 is 15.8 Å². The largest absolute Gasteiger partial charge is 0.486 e. The number of carbonyl (C=O) groups excluding carboxylic acids is 2. The summed E-state index contributed by atoms with van der Waals surface area (Å²) in [7, 11) is 0. The molecule has 0 bridgehead atoms. The highest BCUT2D eigenvalue weighted by Gasteiger charge is 2.35. The molecular weight excluding hydrogens is 535 g/mol. The Bertz CT molecular complexity index is 1680. The van der Waals surface area contributed by atoms with Gasteiger partial charge < -0.3 is 24.6 Å². The van der Waals surface area contributed by atoms with Crippen molar-refractivity contribution in [2.24, 2.45) is 5.73 Å². The molecule has 5 aromatic rings. The smallest absolute Gasteiger partial charge is 0.433 e. The van der Waals surface area contributed by atoms with Crippen molar-refractivity contribution < 1.29 is 36.3 Å². The number of primary amides is 1. The number of furan rings is 2. The van der Waals surface area contributed by atoms with Gasteiger partial charge in [0.15, 0.2) is 5.76 Å². The molecule has 12 heteroatoms. The van der Waals surface area contributed by atoms with Crippen LogP contribution in [0.15, 0.2) is 63.6 Å². The van der Waals surface area contributed by atoms with Crippen molar-refractivity contribution in [2.75, 3.05) is 5.32 Å². The summed E-state index contributed by atoms with van der Waals surface area (Å²) in [6.45, 7) is 3.94. The monoisotopic (exact) mass is 555 g/mol. The van der Waals surface area contributed by atoms with E-state index in [1.54, 1.807) is 6.07 Å². The van der Waals surface area contributed by atoms with Crippen LogP contribution in [0.4, 0.5) is 18.9 Å². The lowest BCUT2D eigenvalue weighted by atomic mass is 10.1. The highest BCUT2D eigenvalue weighted by atomic mass is 32.1. The Morgan fingerprint density at radius 2 is 1.85 bits per heavy atom. The first-order chi connectivity index (χ1) is 18.5. The van der Waals surface area contributed by atoms with Gasteiger partial charge in [-0.15, -0.1) is 11.3 Å². The fourth-order valence-corrected chi connectivity index (χ4v) is 5.09. The second-order valence-electron chi connectivity index (χ2n) is 8.71. The van der Waals surface area contributed by atoms with Crippen molar-refractivity contribution in [1.29, 1.82) is 0 Å². The van der Waals surface area contributed by atoms with Gasteiger partial charge in [-0.1, -0.05) is 6.07 Å². The minimum Gasteiger partial charge on any atom is -0.486 e. The molecule has 0 aliphatic rings. The van der Waals surface area contributed by atoms with Crippen LogP contribution in [-0.2, 0) is 12.8 Å². The van der Waals surface area contributed by atoms with Gasteiger partial charge in [-0.2, -0.15) is 13.2 Å². The van der Waals surface area contributed by atoms with Crippen molar-refractivity contribution in [3.8, 4) is 17.1 Å². The van der Waals surface area contributed by atoms with Gasteiger partial charge in [0.1, 0.15) is 39.3 Å². The zero-order chi connectivity index (χ0) is 27.9. The number of alkyl halides is 3. The zero-order valence-corrected chi connectivity index (χ0v) is 21.3. The first-order valence-electron chi connectivity index (χ1n) is 11.5. The van der Waals surface area contributed by atoms with Gasteiger partial charge >= 0.3 is 6.18 Å². The van der Waals surface area contributed by atoms with E-state index in [4.69, 9.17) is 19.3 Å². The molecule has 0 unspecified atom stereocenters. The maximum absolute atomic E-state index is 13.6. The quantitative estimate of drug-likeness (QED) is 0.230. The normalized spacial score (nSPS) is 11.6. The van der Waals surface area contributed by atoms with E-state index >= 15 is 0 Å². The third-order valence-corrected chi connectivity index (χ3v) is 6.76. The van der Waals surface area contributed by atoms with E-state index in [0.29, 0.717) is 22.8 Å². The fourth-order valence-electron chi connectivity index (χ4n) is 4.09. The summed E-state index contributed by atoms with van der Waals surface area (Å²) in [6.07, 6.45) is -3.47. The molecule has 200 valence electrons. The molecule has 8 nitrogen and oxygen atoms in total. The zero-order valence-electron chi connectivity index (χ0n) is 20.5. The lowest BCUT2D eigenvalue weighted by Crippen LogP contribution is -2.16. The summed E-state index contributed by atoms with van der Waals surface area (Å²) in [5.41, 5.74) is 6.28. The van der Waals surface area contributed by atoms with Crippen molar-refractivity contribution in [1.82, 2.24) is 4.98 Å². The van der Waals surface area contributed by atoms with Crippen LogP contribution in [0.25, 0.3) is 21.5 Å². The molecule has 3 N–H and O–H groups in total. The predicted octanol–water partition coefficient (Wildman–Crippen LogP) is 6.72. The van der Waals surface area contributed by atoms with Gasteiger partial charge in [-0.25, -0.2) is 4.98 Å². The minimum absolute atomic E-state index is 0.0154. The Morgan fingerprint density at radius 1 is 1.10 bits per heavy atom. The van der Waals surface area contributed by atoms with Gasteiger partial charge in [-0.05, 0) is 67.4 Å². The van der Waals surface area contributed by atoms with Crippen LogP contribution in [0.1, 0.15) is 42.8 Å². The molecule has 5 rings (SSSR count). The maximum Gasteiger partial charge on any atom is 0.433 e. The van der Waals surface area contributed by atoms with Gasteiger partial charge in [0.25, 0.3) is 11.8 Å². The number of hydrogen-bond donors (Lipinski definition) is 2. The lowest BCUT2D eigenvalue weighted by Gasteiger charge is -2.10. The summed E-state index contributed by atoms with van der Waals surface area (Å²) in [5, 5.41) is 2.65. The number of anilines is 1. The number of amides is 2. The highest BCUT2D eigenvalue weighted by molar-refractivity contribution is 7.21. The maximum atomic E-state index is 13.6. The predicted molar refractivity (Wildman–Crippen MR) is 138 cm³/mol. The summed E-state index contributed by atoms with van der Waals surface area (Å²) in [6, 6.07) is 12.5. The number of rotatable bonds is 7. The molecule has 4 heterocycles. The molecule has 0 aliphatic heterocycles. The molecule has 1 aromatic carbocycles. The molecular formula is C27H20F3N3O5S. The number of ether oxygens (including phenoxy) is 1. The van der Waals surface area contributed by atoms with E-state index in [9.17, 15) is 22.8 Å². The van der Waals surface area contributed by atoms with Crippen LogP contribution in [0.2, 0.25) is 0 Å². The molecule has 4 aromatic heterocycles. The highest BCUT2D eigenvalue weighted by Crippen LogP contribution is 2.43. The van der Waals surface area contributed by atoms with Crippen LogP contribution in [0.3, 0.4) is 0 Å². The van der Waals surface area contributed by atoms with Crippen LogP contribution in [0.5, 0.6) is 5.75 Å². The standard InChI is InChI=1S/C27H20F3N3O5S/c1-13-8-14(2)10-16(9-13)37-12-15-5-6-19(38-15)25(35)33-22-21-17(18-4-3-7-36-18)11-20(27(28,29)30)32-26(21)39-23(22)24(31)34/h3-11H,12H2,1-2H3,(H2,31,34)(H,33,35). The number of nitrogens with one attached hydrogen (secondary N) is 1. The third-order valence-electron chi connectivity index (χ3n) is 5.66. The van der Waals surface area contributed by atoms with E-state index in [0.717, 1.165) is 17.2 Å². The Labute approximate surface area is 223 Å². The van der Waals surface area contributed by atoms with Crippen molar-refractivity contribution in [2.45, 2.75) is 26.6 Å². The number of thiophene rings is 1. The topological polar surface area (TPSA) is 121 Å². The second-order valence-corrected chi connectivity index (χ2v) is 9.71. The first-order valence-corrected chi connectivity index (χ1v) is 12.3. The number of pyridine rings is 1. The van der Waals surface area contributed by atoms with Gasteiger partial charge in [0.2, 0.25) is 0 Å². The summed E-state index contributed by atoms with van der Waals surface area (Å²) in [4.78, 5) is 28.7. The molecule has 0 saturated heterocycles. The molecule has 0 spiro atoms. The third kappa shape index (κ3) is 5.36. The van der Waals surface area contributed by atoms with Crippen molar-refractivity contribution in [3.05, 3.63) is 88.0 Å². The fraction of sp³-hybridized carbons (Fsp3) is 0.148. The number of benzene rings is 1. The number of carbonyl (C=O) groups is 2. The Balaban J connectivity index is 1.48. The Morgan fingerprint density at radius 3 is 2.49 bits per heavy atom. The van der Waals surface area contributed by atoms with Crippen molar-refractivity contribution in [3.63, 3.8) is 0 Å². The first kappa shape index (κ1) is 26.0. The van der Waals surface area contributed by atoms with E-state index in [1.165, 1.54) is 24.5 Å².